The van der Waals surface area contributed by atoms with E-state index in [1.807, 2.05) is 30.3 Å². The third-order valence-corrected chi connectivity index (χ3v) is 6.84. The number of amides is 1. The Morgan fingerprint density at radius 3 is 2.59 bits per heavy atom. The zero-order valence-electron chi connectivity index (χ0n) is 16.1. The summed E-state index contributed by atoms with van der Waals surface area (Å²) < 4.78 is 34.2. The number of nitrogens with zero attached hydrogens (tertiary/aromatic N) is 1. The monoisotopic (exact) mass is 415 g/mol. The van der Waals surface area contributed by atoms with Gasteiger partial charge in [0.2, 0.25) is 15.9 Å². The van der Waals surface area contributed by atoms with Crippen LogP contribution in [-0.2, 0) is 26.0 Å². The highest BCUT2D eigenvalue weighted by Gasteiger charge is 2.26. The fourth-order valence-electron chi connectivity index (χ4n) is 3.82. The summed E-state index contributed by atoms with van der Waals surface area (Å²) in [4.78, 5) is 14.0. The summed E-state index contributed by atoms with van der Waals surface area (Å²) in [7, 11) is -3.67. The molecule has 8 heteroatoms. The maximum Gasteiger partial charge on any atom is 0.240 e. The normalized spacial score (nSPS) is 18.7. The van der Waals surface area contributed by atoms with Crippen molar-refractivity contribution in [2.75, 3.05) is 38.2 Å². The van der Waals surface area contributed by atoms with E-state index in [9.17, 15) is 13.2 Å². The van der Waals surface area contributed by atoms with Crippen LogP contribution in [0, 0.1) is 0 Å². The third kappa shape index (κ3) is 4.67. The Morgan fingerprint density at radius 1 is 1.07 bits per heavy atom. The van der Waals surface area contributed by atoms with Gasteiger partial charge in [0, 0.05) is 37.8 Å². The molecule has 2 aliphatic heterocycles. The number of rotatable bonds is 6. The van der Waals surface area contributed by atoms with Gasteiger partial charge < -0.3 is 10.1 Å². The Bertz CT molecular complexity index is 973. The molecule has 29 heavy (non-hydrogen) atoms. The van der Waals surface area contributed by atoms with Gasteiger partial charge in [-0.2, -0.15) is 0 Å². The van der Waals surface area contributed by atoms with Crippen molar-refractivity contribution in [2.45, 2.75) is 23.8 Å². The summed E-state index contributed by atoms with van der Waals surface area (Å²) in [6.45, 7) is 3.10. The Labute approximate surface area is 171 Å². The van der Waals surface area contributed by atoms with Crippen molar-refractivity contribution >= 4 is 21.6 Å². The molecule has 0 unspecified atom stereocenters. The molecular formula is C21H25N3O4S. The maximum absolute atomic E-state index is 13.0. The molecule has 1 atom stereocenters. The molecule has 2 N–H and O–H groups in total. The van der Waals surface area contributed by atoms with Gasteiger partial charge in [0.1, 0.15) is 0 Å². The number of aryl methyl sites for hydroxylation is 1. The SMILES string of the molecule is O=C1CCc2cc(S(=O)(=O)NC[C@@H](c3ccccc3)N3CCOCC3)ccc2N1. The fraction of sp³-hybridized carbons (Fsp3) is 0.381. The lowest BCUT2D eigenvalue weighted by molar-refractivity contribution is -0.116. The number of carbonyl (C=O) groups is 1. The molecule has 1 amide bonds. The van der Waals surface area contributed by atoms with Gasteiger partial charge in [-0.15, -0.1) is 0 Å². The number of ether oxygens (including phenoxy) is 1. The molecule has 2 aliphatic rings. The van der Waals surface area contributed by atoms with Crippen LogP contribution in [-0.4, -0.2) is 52.1 Å². The highest BCUT2D eigenvalue weighted by molar-refractivity contribution is 7.89. The minimum atomic E-state index is -3.67. The third-order valence-electron chi connectivity index (χ3n) is 5.42. The van der Waals surface area contributed by atoms with Crippen LogP contribution >= 0.6 is 0 Å². The van der Waals surface area contributed by atoms with E-state index in [0.717, 1.165) is 24.2 Å². The van der Waals surface area contributed by atoms with Gasteiger partial charge in [-0.25, -0.2) is 13.1 Å². The standard InChI is InChI=1S/C21H25N3O4S/c25-21-9-6-17-14-18(7-8-19(17)23-21)29(26,27)22-15-20(16-4-2-1-3-5-16)24-10-12-28-13-11-24/h1-5,7-8,14,20,22H,6,9-13,15H2,(H,23,25)/t20-/m0/s1. The lowest BCUT2D eigenvalue weighted by Crippen LogP contribution is -2.43. The molecule has 7 nitrogen and oxygen atoms in total. The average molecular weight is 416 g/mol. The molecule has 2 heterocycles. The number of fused-ring (bicyclic) bond motifs is 1. The quantitative estimate of drug-likeness (QED) is 0.753. The molecule has 2 aromatic carbocycles. The van der Waals surface area contributed by atoms with Crippen LogP contribution in [0.15, 0.2) is 53.4 Å². The van der Waals surface area contributed by atoms with Gasteiger partial charge in [-0.05, 0) is 35.7 Å². The molecule has 4 rings (SSSR count). The van der Waals surface area contributed by atoms with Gasteiger partial charge in [-0.3, -0.25) is 9.69 Å². The van der Waals surface area contributed by atoms with E-state index in [1.165, 1.54) is 0 Å². The molecule has 0 saturated carbocycles. The van der Waals surface area contributed by atoms with Gasteiger partial charge in [0.15, 0.2) is 0 Å². The Morgan fingerprint density at radius 2 is 1.83 bits per heavy atom. The van der Waals surface area contributed by atoms with Crippen LogP contribution in [0.2, 0.25) is 0 Å². The smallest absolute Gasteiger partial charge is 0.240 e. The van der Waals surface area contributed by atoms with Crippen molar-refractivity contribution < 1.29 is 17.9 Å². The van der Waals surface area contributed by atoms with E-state index in [-0.39, 0.29) is 23.4 Å². The van der Waals surface area contributed by atoms with Crippen LogP contribution in [0.4, 0.5) is 5.69 Å². The molecule has 1 saturated heterocycles. The lowest BCUT2D eigenvalue weighted by Gasteiger charge is -2.34. The molecule has 0 spiro atoms. The first-order valence-corrected chi connectivity index (χ1v) is 11.3. The predicted molar refractivity (Wildman–Crippen MR) is 110 cm³/mol. The topological polar surface area (TPSA) is 87.7 Å². The zero-order chi connectivity index (χ0) is 20.3. The maximum atomic E-state index is 13.0. The number of anilines is 1. The van der Waals surface area contributed by atoms with Crippen molar-refractivity contribution in [1.82, 2.24) is 9.62 Å². The molecule has 0 aliphatic carbocycles. The summed E-state index contributed by atoms with van der Waals surface area (Å²) in [5.74, 6) is -0.0394. The number of benzene rings is 2. The molecule has 0 radical (unpaired) electrons. The van der Waals surface area contributed by atoms with Gasteiger partial charge in [-0.1, -0.05) is 30.3 Å². The van der Waals surface area contributed by atoms with E-state index in [4.69, 9.17) is 4.74 Å². The average Bonchev–Trinajstić information content (AvgIpc) is 2.75. The van der Waals surface area contributed by atoms with Crippen LogP contribution in [0.1, 0.15) is 23.6 Å². The summed E-state index contributed by atoms with van der Waals surface area (Å²) in [5.41, 5.74) is 2.61. The highest BCUT2D eigenvalue weighted by atomic mass is 32.2. The number of carbonyl (C=O) groups excluding carboxylic acids is 1. The summed E-state index contributed by atoms with van der Waals surface area (Å²) in [6.07, 6.45) is 0.919. The fourth-order valence-corrected chi connectivity index (χ4v) is 4.91. The van der Waals surface area contributed by atoms with E-state index in [1.54, 1.807) is 18.2 Å². The molecular weight excluding hydrogens is 390 g/mol. The van der Waals surface area contributed by atoms with E-state index in [2.05, 4.69) is 14.9 Å². The van der Waals surface area contributed by atoms with Crippen molar-refractivity contribution in [1.29, 1.82) is 0 Å². The highest BCUT2D eigenvalue weighted by Crippen LogP contribution is 2.26. The molecule has 0 bridgehead atoms. The van der Waals surface area contributed by atoms with Crippen LogP contribution < -0.4 is 10.0 Å². The van der Waals surface area contributed by atoms with Crippen molar-refractivity contribution in [3.8, 4) is 0 Å². The molecule has 1 fully saturated rings. The molecule has 2 aromatic rings. The predicted octanol–water partition coefficient (Wildman–Crippen LogP) is 1.92. The van der Waals surface area contributed by atoms with Gasteiger partial charge >= 0.3 is 0 Å². The largest absolute Gasteiger partial charge is 0.379 e. The minimum Gasteiger partial charge on any atom is -0.379 e. The Kier molecular flexibility index (Phi) is 5.96. The summed E-state index contributed by atoms with van der Waals surface area (Å²) in [5, 5.41) is 2.78. The number of hydrogen-bond donors (Lipinski definition) is 2. The first-order valence-electron chi connectivity index (χ1n) is 9.82. The number of hydrogen-bond acceptors (Lipinski definition) is 5. The van der Waals surface area contributed by atoms with Crippen molar-refractivity contribution in [3.05, 3.63) is 59.7 Å². The zero-order valence-corrected chi connectivity index (χ0v) is 17.0. The Balaban J connectivity index is 1.52. The van der Waals surface area contributed by atoms with E-state index in [0.29, 0.717) is 31.7 Å². The minimum absolute atomic E-state index is 0.0394. The van der Waals surface area contributed by atoms with Crippen molar-refractivity contribution in [3.63, 3.8) is 0 Å². The summed E-state index contributed by atoms with van der Waals surface area (Å²) >= 11 is 0. The van der Waals surface area contributed by atoms with Gasteiger partial charge in [0.05, 0.1) is 18.1 Å². The summed E-state index contributed by atoms with van der Waals surface area (Å²) in [6, 6.07) is 14.7. The van der Waals surface area contributed by atoms with Crippen LogP contribution in [0.25, 0.3) is 0 Å². The lowest BCUT2D eigenvalue weighted by atomic mass is 10.0. The molecule has 0 aromatic heterocycles. The second-order valence-electron chi connectivity index (χ2n) is 7.29. The van der Waals surface area contributed by atoms with Gasteiger partial charge in [0.25, 0.3) is 0 Å². The number of morpholine rings is 1. The van der Waals surface area contributed by atoms with E-state index >= 15 is 0 Å². The second-order valence-corrected chi connectivity index (χ2v) is 9.06. The molecule has 154 valence electrons. The Hall–Kier alpha value is -2.26. The van der Waals surface area contributed by atoms with Crippen molar-refractivity contribution in [2.24, 2.45) is 0 Å². The van der Waals surface area contributed by atoms with Crippen LogP contribution in [0.5, 0.6) is 0 Å². The second kappa shape index (κ2) is 8.62. The number of sulfonamides is 1. The first kappa shape index (κ1) is 20.0. The number of nitrogens with one attached hydrogen (secondary N) is 2. The van der Waals surface area contributed by atoms with Crippen LogP contribution in [0.3, 0.4) is 0 Å². The first-order chi connectivity index (χ1) is 14.0. The van der Waals surface area contributed by atoms with E-state index < -0.39 is 10.0 Å².